The largest absolute Gasteiger partial charge is 0.379 e. The maximum absolute atomic E-state index is 13.1. The van der Waals surface area contributed by atoms with E-state index < -0.39 is 10.0 Å². The predicted octanol–water partition coefficient (Wildman–Crippen LogP) is 2.71. The second kappa shape index (κ2) is 9.21. The van der Waals surface area contributed by atoms with Crippen molar-refractivity contribution in [2.45, 2.75) is 18.7 Å². The lowest BCUT2D eigenvalue weighted by atomic mass is 10.2. The minimum absolute atomic E-state index is 0.244. The number of morpholine rings is 1. The highest BCUT2D eigenvalue weighted by atomic mass is 32.2. The van der Waals surface area contributed by atoms with Crippen molar-refractivity contribution in [2.24, 2.45) is 5.10 Å². The molecule has 180 valence electrons. The molecular formula is C25H25N5O4S. The zero-order chi connectivity index (χ0) is 24.6. The van der Waals surface area contributed by atoms with Gasteiger partial charge in [0.05, 0.1) is 35.2 Å². The SMILES string of the molecule is Cc1cc(/C=N/n2cnc3ccccc3c2=O)c(C)n1-c1cccc(S(=O)(=O)N2CCOCC2)c1. The van der Waals surface area contributed by atoms with Gasteiger partial charge in [0.25, 0.3) is 5.56 Å². The first-order chi connectivity index (χ1) is 16.9. The topological polar surface area (TPSA) is 98.8 Å². The van der Waals surface area contributed by atoms with Crippen LogP contribution in [0, 0.1) is 13.8 Å². The number of aromatic nitrogens is 3. The van der Waals surface area contributed by atoms with Crippen molar-refractivity contribution in [3.8, 4) is 5.69 Å². The van der Waals surface area contributed by atoms with Crippen molar-refractivity contribution >= 4 is 27.1 Å². The van der Waals surface area contributed by atoms with Gasteiger partial charge >= 0.3 is 0 Å². The number of benzene rings is 2. The molecule has 0 unspecified atom stereocenters. The van der Waals surface area contributed by atoms with E-state index in [4.69, 9.17) is 4.74 Å². The van der Waals surface area contributed by atoms with Crippen LogP contribution in [0.1, 0.15) is 17.0 Å². The van der Waals surface area contributed by atoms with Crippen molar-refractivity contribution in [3.05, 3.63) is 88.2 Å². The fraction of sp³-hybridized carbons (Fsp3) is 0.240. The molecule has 0 atom stereocenters. The van der Waals surface area contributed by atoms with Gasteiger partial charge in [0.15, 0.2) is 0 Å². The van der Waals surface area contributed by atoms with Gasteiger partial charge in [0, 0.05) is 35.7 Å². The molecule has 0 amide bonds. The van der Waals surface area contributed by atoms with Crippen LogP contribution in [0.2, 0.25) is 0 Å². The second-order valence-corrected chi connectivity index (χ2v) is 10.3. The highest BCUT2D eigenvalue weighted by Crippen LogP contribution is 2.24. The van der Waals surface area contributed by atoms with Crippen LogP contribution in [-0.2, 0) is 14.8 Å². The van der Waals surface area contributed by atoms with E-state index in [9.17, 15) is 13.2 Å². The van der Waals surface area contributed by atoms with E-state index in [1.807, 2.05) is 36.6 Å². The molecule has 4 aromatic rings. The van der Waals surface area contributed by atoms with Gasteiger partial charge in [-0.2, -0.15) is 14.1 Å². The Labute approximate surface area is 203 Å². The Kier molecular flexibility index (Phi) is 6.10. The highest BCUT2D eigenvalue weighted by molar-refractivity contribution is 7.89. The Balaban J connectivity index is 1.48. The van der Waals surface area contributed by atoms with Crippen molar-refractivity contribution in [2.75, 3.05) is 26.3 Å². The summed E-state index contributed by atoms with van der Waals surface area (Å²) in [6, 6.07) is 16.0. The molecular weight excluding hydrogens is 466 g/mol. The lowest BCUT2D eigenvalue weighted by molar-refractivity contribution is 0.0730. The molecule has 0 spiro atoms. The molecule has 1 aliphatic heterocycles. The Morgan fingerprint density at radius 3 is 2.60 bits per heavy atom. The summed E-state index contributed by atoms with van der Waals surface area (Å²) >= 11 is 0. The van der Waals surface area contributed by atoms with Crippen LogP contribution < -0.4 is 5.56 Å². The molecule has 3 heterocycles. The zero-order valence-corrected chi connectivity index (χ0v) is 20.3. The summed E-state index contributed by atoms with van der Waals surface area (Å²) in [7, 11) is -3.61. The van der Waals surface area contributed by atoms with Crippen LogP contribution in [0.4, 0.5) is 0 Å². The van der Waals surface area contributed by atoms with Crippen LogP contribution in [0.25, 0.3) is 16.6 Å². The number of hydrogen-bond donors (Lipinski definition) is 0. The average Bonchev–Trinajstić information content (AvgIpc) is 3.17. The van der Waals surface area contributed by atoms with Gasteiger partial charge in [0.2, 0.25) is 10.0 Å². The van der Waals surface area contributed by atoms with Crippen LogP contribution in [0.5, 0.6) is 0 Å². The smallest absolute Gasteiger partial charge is 0.281 e. The lowest BCUT2D eigenvalue weighted by Crippen LogP contribution is -2.40. The molecule has 9 nitrogen and oxygen atoms in total. The lowest BCUT2D eigenvalue weighted by Gasteiger charge is -2.26. The summed E-state index contributed by atoms with van der Waals surface area (Å²) in [5.41, 5.74) is 3.70. The standard InChI is InChI=1S/C25H25N5O4S/c1-18-14-20(16-27-29-17-26-24-9-4-3-8-23(24)25(29)31)19(2)30(18)21-6-5-7-22(15-21)35(32,33)28-10-12-34-13-11-28/h3-9,14-17H,10-13H2,1-2H3/b27-16+. The summed E-state index contributed by atoms with van der Waals surface area (Å²) in [5.74, 6) is 0. The normalized spacial score (nSPS) is 15.3. The molecule has 0 aliphatic carbocycles. The van der Waals surface area contributed by atoms with Crippen LogP contribution in [-0.4, -0.2) is 59.5 Å². The third-order valence-corrected chi connectivity index (χ3v) is 8.02. The van der Waals surface area contributed by atoms with E-state index >= 15 is 0 Å². The van der Waals surface area contributed by atoms with Crippen LogP contribution in [0.15, 0.2) is 75.7 Å². The summed E-state index contributed by atoms with van der Waals surface area (Å²) in [4.78, 5) is 17.3. The summed E-state index contributed by atoms with van der Waals surface area (Å²) in [6.45, 7) is 5.35. The van der Waals surface area contributed by atoms with Gasteiger partial charge in [-0.1, -0.05) is 18.2 Å². The minimum Gasteiger partial charge on any atom is -0.379 e. The molecule has 0 radical (unpaired) electrons. The van der Waals surface area contributed by atoms with Gasteiger partial charge < -0.3 is 9.30 Å². The number of rotatable bonds is 5. The van der Waals surface area contributed by atoms with E-state index in [1.165, 1.54) is 15.3 Å². The molecule has 1 aliphatic rings. The summed E-state index contributed by atoms with van der Waals surface area (Å²) in [5, 5.41) is 4.84. The van der Waals surface area contributed by atoms with E-state index in [0.29, 0.717) is 37.2 Å². The maximum Gasteiger partial charge on any atom is 0.281 e. The minimum atomic E-state index is -3.61. The van der Waals surface area contributed by atoms with Crippen molar-refractivity contribution in [1.82, 2.24) is 18.5 Å². The molecule has 2 aromatic carbocycles. The molecule has 0 N–H and O–H groups in total. The Bertz CT molecular complexity index is 1600. The molecule has 2 aromatic heterocycles. The number of ether oxygens (including phenoxy) is 1. The van der Waals surface area contributed by atoms with Crippen molar-refractivity contribution < 1.29 is 13.2 Å². The van der Waals surface area contributed by atoms with E-state index in [-0.39, 0.29) is 10.5 Å². The van der Waals surface area contributed by atoms with Crippen molar-refractivity contribution in [1.29, 1.82) is 0 Å². The first-order valence-electron chi connectivity index (χ1n) is 11.2. The molecule has 1 fully saturated rings. The van der Waals surface area contributed by atoms with Crippen molar-refractivity contribution in [3.63, 3.8) is 0 Å². The fourth-order valence-corrected chi connectivity index (χ4v) is 5.75. The number of para-hydroxylation sites is 1. The third-order valence-electron chi connectivity index (χ3n) is 6.12. The first kappa shape index (κ1) is 23.2. The number of sulfonamides is 1. The van der Waals surface area contributed by atoms with Gasteiger partial charge in [-0.05, 0) is 50.2 Å². The average molecular weight is 492 g/mol. The van der Waals surface area contributed by atoms with Crippen LogP contribution in [0.3, 0.4) is 0 Å². The maximum atomic E-state index is 13.1. The van der Waals surface area contributed by atoms with E-state index in [0.717, 1.165) is 22.6 Å². The third kappa shape index (κ3) is 4.31. The highest BCUT2D eigenvalue weighted by Gasteiger charge is 2.26. The second-order valence-electron chi connectivity index (χ2n) is 8.33. The molecule has 0 saturated carbocycles. The molecule has 5 rings (SSSR count). The Morgan fingerprint density at radius 2 is 1.80 bits per heavy atom. The Morgan fingerprint density at radius 1 is 1.03 bits per heavy atom. The van der Waals surface area contributed by atoms with Gasteiger partial charge in [-0.3, -0.25) is 4.79 Å². The monoisotopic (exact) mass is 491 g/mol. The molecule has 1 saturated heterocycles. The van der Waals surface area contributed by atoms with Crippen LogP contribution >= 0.6 is 0 Å². The molecule has 10 heteroatoms. The molecule has 35 heavy (non-hydrogen) atoms. The first-order valence-corrected chi connectivity index (χ1v) is 12.7. The number of fused-ring (bicyclic) bond motifs is 1. The van der Waals surface area contributed by atoms with E-state index in [1.54, 1.807) is 42.6 Å². The van der Waals surface area contributed by atoms with E-state index in [2.05, 4.69) is 10.1 Å². The molecule has 0 bridgehead atoms. The fourth-order valence-electron chi connectivity index (χ4n) is 4.30. The summed E-state index contributed by atoms with van der Waals surface area (Å²) < 4.78 is 36.2. The predicted molar refractivity (Wildman–Crippen MR) is 134 cm³/mol. The zero-order valence-electron chi connectivity index (χ0n) is 19.5. The number of aryl methyl sites for hydroxylation is 1. The number of hydrogen-bond acceptors (Lipinski definition) is 6. The number of nitrogens with zero attached hydrogens (tertiary/aromatic N) is 5. The van der Waals surface area contributed by atoms with Gasteiger partial charge in [-0.15, -0.1) is 0 Å². The Hall–Kier alpha value is -3.60. The summed E-state index contributed by atoms with van der Waals surface area (Å²) in [6.07, 6.45) is 3.02. The quantitative estimate of drug-likeness (QED) is 0.400. The van der Waals surface area contributed by atoms with Gasteiger partial charge in [-0.25, -0.2) is 13.4 Å². The van der Waals surface area contributed by atoms with Gasteiger partial charge in [0.1, 0.15) is 6.33 Å².